The second kappa shape index (κ2) is 14.5. The molecule has 12 heteroatoms. The number of anilines is 2. The standard InChI is InChI=1S/C33H28F3N3O5S/c1-20(30(41)37-24-11-6-10-23(17-24)33(34,35)36)45-27-13-7-12-25(18-27)38-32(43)28(39-31(42)21-8-4-3-5-9-21)16-22-14-15-26(40)19-29(22)44-2/h3-20,40H,1-2H3,(H,37,41)(H,38,43)(H,39,42)/b28-16+. The predicted octanol–water partition coefficient (Wildman–Crippen LogP) is 6.95. The zero-order valence-corrected chi connectivity index (χ0v) is 24.8. The molecule has 0 heterocycles. The zero-order valence-electron chi connectivity index (χ0n) is 24.0. The number of phenolic OH excluding ortho intramolecular Hbond substituents is 1. The first kappa shape index (κ1) is 32.7. The summed E-state index contributed by atoms with van der Waals surface area (Å²) < 4.78 is 44.4. The van der Waals surface area contributed by atoms with Gasteiger partial charge in [0.15, 0.2) is 0 Å². The van der Waals surface area contributed by atoms with Crippen molar-refractivity contribution in [2.45, 2.75) is 23.2 Å². The van der Waals surface area contributed by atoms with Gasteiger partial charge in [0.05, 0.1) is 17.9 Å². The summed E-state index contributed by atoms with van der Waals surface area (Å²) in [6.45, 7) is 1.60. The Bertz CT molecular complexity index is 1730. The first-order chi connectivity index (χ1) is 21.4. The van der Waals surface area contributed by atoms with Crippen molar-refractivity contribution in [3.8, 4) is 11.5 Å². The monoisotopic (exact) mass is 635 g/mol. The van der Waals surface area contributed by atoms with Crippen LogP contribution < -0.4 is 20.7 Å². The van der Waals surface area contributed by atoms with Crippen molar-refractivity contribution in [3.63, 3.8) is 0 Å². The van der Waals surface area contributed by atoms with Crippen LogP contribution in [0.2, 0.25) is 0 Å². The van der Waals surface area contributed by atoms with Gasteiger partial charge in [-0.25, -0.2) is 0 Å². The summed E-state index contributed by atoms with van der Waals surface area (Å²) in [5.74, 6) is -1.47. The van der Waals surface area contributed by atoms with Crippen LogP contribution in [-0.4, -0.2) is 35.2 Å². The summed E-state index contributed by atoms with van der Waals surface area (Å²) in [5.41, 5.74) is 0.128. The number of rotatable bonds is 10. The number of carbonyl (C=O) groups excluding carboxylic acids is 3. The summed E-state index contributed by atoms with van der Waals surface area (Å²) in [7, 11) is 1.40. The fourth-order valence-electron chi connectivity index (χ4n) is 4.04. The number of phenols is 1. The van der Waals surface area contributed by atoms with Gasteiger partial charge >= 0.3 is 6.18 Å². The van der Waals surface area contributed by atoms with Gasteiger partial charge in [0, 0.05) is 33.5 Å². The lowest BCUT2D eigenvalue weighted by Gasteiger charge is -2.15. The molecule has 0 aliphatic carbocycles. The molecule has 4 aromatic carbocycles. The number of ether oxygens (including phenoxy) is 1. The average molecular weight is 636 g/mol. The van der Waals surface area contributed by atoms with Gasteiger partial charge in [0.1, 0.15) is 17.2 Å². The lowest BCUT2D eigenvalue weighted by molar-refractivity contribution is -0.137. The summed E-state index contributed by atoms with van der Waals surface area (Å²) in [6.07, 6.45) is -3.13. The highest BCUT2D eigenvalue weighted by Gasteiger charge is 2.30. The second-order valence-corrected chi connectivity index (χ2v) is 11.0. The zero-order chi connectivity index (χ0) is 32.6. The molecule has 0 spiro atoms. The van der Waals surface area contributed by atoms with Crippen molar-refractivity contribution in [3.05, 3.63) is 119 Å². The SMILES string of the molecule is COc1cc(O)ccc1/C=C(/NC(=O)c1ccccc1)C(=O)Nc1cccc(SC(C)C(=O)Nc2cccc(C(F)(F)F)c2)c1. The van der Waals surface area contributed by atoms with E-state index in [1.165, 1.54) is 43.5 Å². The molecule has 45 heavy (non-hydrogen) atoms. The number of hydrogen-bond donors (Lipinski definition) is 4. The Morgan fingerprint density at radius 1 is 0.867 bits per heavy atom. The van der Waals surface area contributed by atoms with Crippen LogP contribution in [0.15, 0.2) is 108 Å². The van der Waals surface area contributed by atoms with Crippen LogP contribution in [0.5, 0.6) is 11.5 Å². The summed E-state index contributed by atoms with van der Waals surface area (Å²) >= 11 is 1.14. The lowest BCUT2D eigenvalue weighted by atomic mass is 10.1. The van der Waals surface area contributed by atoms with Crippen LogP contribution >= 0.6 is 11.8 Å². The molecule has 0 bridgehead atoms. The Labute approximate surface area is 261 Å². The van der Waals surface area contributed by atoms with Gasteiger partial charge < -0.3 is 25.8 Å². The average Bonchev–Trinajstić information content (AvgIpc) is 3.01. The molecule has 0 aromatic heterocycles. The van der Waals surface area contributed by atoms with Crippen LogP contribution in [0.3, 0.4) is 0 Å². The summed E-state index contributed by atoms with van der Waals surface area (Å²) in [5, 5.41) is 17.0. The molecule has 0 aliphatic rings. The number of thioether (sulfide) groups is 1. The molecule has 3 amide bonds. The molecule has 0 aliphatic heterocycles. The molecule has 4 rings (SSSR count). The molecule has 0 saturated carbocycles. The largest absolute Gasteiger partial charge is 0.508 e. The topological polar surface area (TPSA) is 117 Å². The third-order valence-corrected chi connectivity index (χ3v) is 7.37. The van der Waals surface area contributed by atoms with E-state index in [2.05, 4.69) is 16.0 Å². The van der Waals surface area contributed by atoms with Gasteiger partial charge in [-0.2, -0.15) is 13.2 Å². The Balaban J connectivity index is 1.50. The summed E-state index contributed by atoms with van der Waals surface area (Å²) in [4.78, 5) is 39.7. The Kier molecular flexibility index (Phi) is 10.5. The first-order valence-electron chi connectivity index (χ1n) is 13.4. The normalized spacial score (nSPS) is 12.2. The maximum atomic E-state index is 13.5. The molecule has 0 fully saturated rings. The van der Waals surface area contributed by atoms with Crippen LogP contribution in [-0.2, 0) is 15.8 Å². The summed E-state index contributed by atoms with van der Waals surface area (Å²) in [6, 6.07) is 23.6. The van der Waals surface area contributed by atoms with E-state index in [0.29, 0.717) is 21.7 Å². The van der Waals surface area contributed by atoms with Gasteiger partial charge in [-0.15, -0.1) is 11.8 Å². The molecule has 232 valence electrons. The fraction of sp³-hybridized carbons (Fsp3) is 0.121. The molecule has 1 atom stereocenters. The minimum atomic E-state index is -4.54. The van der Waals surface area contributed by atoms with Gasteiger partial charge in [0.2, 0.25) is 5.91 Å². The first-order valence-corrected chi connectivity index (χ1v) is 14.3. The molecular formula is C33H28F3N3O5S. The van der Waals surface area contributed by atoms with Gasteiger partial charge in [0.25, 0.3) is 11.8 Å². The van der Waals surface area contributed by atoms with E-state index in [1.807, 2.05) is 0 Å². The number of carbonyl (C=O) groups is 3. The molecule has 0 radical (unpaired) electrons. The van der Waals surface area contributed by atoms with Crippen LogP contribution in [0.4, 0.5) is 24.5 Å². The van der Waals surface area contributed by atoms with Crippen molar-refractivity contribution < 1.29 is 37.4 Å². The Morgan fingerprint density at radius 3 is 2.24 bits per heavy atom. The van der Waals surface area contributed by atoms with E-state index in [0.717, 1.165) is 23.9 Å². The molecule has 4 N–H and O–H groups in total. The minimum Gasteiger partial charge on any atom is -0.508 e. The third kappa shape index (κ3) is 9.13. The maximum absolute atomic E-state index is 13.5. The molecule has 1 unspecified atom stereocenters. The van der Waals surface area contributed by atoms with E-state index in [1.54, 1.807) is 61.5 Å². The fourth-order valence-corrected chi connectivity index (χ4v) is 4.96. The molecule has 4 aromatic rings. The number of alkyl halides is 3. The highest BCUT2D eigenvalue weighted by atomic mass is 32.2. The van der Waals surface area contributed by atoms with Crippen molar-refractivity contribution in [1.82, 2.24) is 5.32 Å². The van der Waals surface area contributed by atoms with Crippen molar-refractivity contribution in [2.75, 3.05) is 17.7 Å². The number of aromatic hydroxyl groups is 1. The van der Waals surface area contributed by atoms with E-state index < -0.39 is 34.7 Å². The number of halogens is 3. The maximum Gasteiger partial charge on any atom is 0.416 e. The quantitative estimate of drug-likeness (QED) is 0.111. The number of methoxy groups -OCH3 is 1. The van der Waals surface area contributed by atoms with E-state index in [9.17, 15) is 32.7 Å². The predicted molar refractivity (Wildman–Crippen MR) is 167 cm³/mol. The number of benzene rings is 4. The van der Waals surface area contributed by atoms with Gasteiger partial charge in [-0.05, 0) is 73.7 Å². The molecule has 0 saturated heterocycles. The number of nitrogens with one attached hydrogen (secondary N) is 3. The highest BCUT2D eigenvalue weighted by molar-refractivity contribution is 8.00. The van der Waals surface area contributed by atoms with E-state index in [-0.39, 0.29) is 22.9 Å². The van der Waals surface area contributed by atoms with Gasteiger partial charge in [-0.1, -0.05) is 30.3 Å². The molecule has 8 nitrogen and oxygen atoms in total. The Morgan fingerprint density at radius 2 is 1.56 bits per heavy atom. The van der Waals surface area contributed by atoms with Crippen molar-refractivity contribution in [1.29, 1.82) is 0 Å². The Hall–Kier alpha value is -5.23. The number of hydrogen-bond acceptors (Lipinski definition) is 6. The minimum absolute atomic E-state index is 0.0189. The van der Waals surface area contributed by atoms with Crippen molar-refractivity contribution in [2.24, 2.45) is 0 Å². The lowest BCUT2D eigenvalue weighted by Crippen LogP contribution is -2.30. The smallest absolute Gasteiger partial charge is 0.416 e. The third-order valence-electron chi connectivity index (χ3n) is 6.28. The van der Waals surface area contributed by atoms with Crippen LogP contribution in [0.25, 0.3) is 6.08 Å². The van der Waals surface area contributed by atoms with Crippen molar-refractivity contribution >= 4 is 46.9 Å². The molecular weight excluding hydrogens is 607 g/mol. The number of amides is 3. The van der Waals surface area contributed by atoms with Crippen LogP contribution in [0, 0.1) is 0 Å². The van der Waals surface area contributed by atoms with E-state index >= 15 is 0 Å². The van der Waals surface area contributed by atoms with E-state index in [4.69, 9.17) is 4.74 Å². The second-order valence-electron chi connectivity index (χ2n) is 9.61. The van der Waals surface area contributed by atoms with Gasteiger partial charge in [-0.3, -0.25) is 14.4 Å². The van der Waals surface area contributed by atoms with Crippen LogP contribution in [0.1, 0.15) is 28.4 Å². The highest BCUT2D eigenvalue weighted by Crippen LogP contribution is 2.32.